The Morgan fingerprint density at radius 2 is 1.17 bits per heavy atom. The van der Waals surface area contributed by atoms with Gasteiger partial charge in [0.15, 0.2) is 0 Å². The van der Waals surface area contributed by atoms with E-state index in [9.17, 15) is 0 Å². The van der Waals surface area contributed by atoms with Crippen molar-refractivity contribution in [1.29, 1.82) is 0 Å². The summed E-state index contributed by atoms with van der Waals surface area (Å²) in [6.07, 6.45) is 3.58. The first kappa shape index (κ1) is 19.3. The predicted octanol–water partition coefficient (Wildman–Crippen LogP) is 4.10. The van der Waals surface area contributed by atoms with Gasteiger partial charge in [-0.25, -0.2) is 0 Å². The second-order valence-electron chi connectivity index (χ2n) is 3.40. The molecule has 1 N–H and O–H groups in total. The zero-order chi connectivity index (χ0) is 10.7. The Morgan fingerprint density at radius 1 is 0.778 bits per heavy atom. The van der Waals surface area contributed by atoms with Gasteiger partial charge < -0.3 is 5.32 Å². The van der Waals surface area contributed by atoms with Gasteiger partial charge in [-0.05, 0) is 38.1 Å². The van der Waals surface area contributed by atoms with Crippen LogP contribution in [0.1, 0.15) is 11.4 Å². The van der Waals surface area contributed by atoms with Crippen molar-refractivity contribution in [3.05, 3.63) is 48.0 Å². The van der Waals surface area contributed by atoms with Crippen LogP contribution in [0.15, 0.2) is 36.7 Å². The number of pyridine rings is 2. The van der Waals surface area contributed by atoms with Crippen LogP contribution in [0.3, 0.4) is 0 Å². The monoisotopic (exact) mass is 307 g/mol. The molecule has 2 aromatic heterocycles. The average Bonchev–Trinajstić information content (AvgIpc) is 2.24. The third-order valence-electron chi connectivity index (χ3n) is 2.28. The van der Waals surface area contributed by atoms with Gasteiger partial charge in [0.05, 0.1) is 22.8 Å². The van der Waals surface area contributed by atoms with Crippen molar-refractivity contribution in [2.45, 2.75) is 13.8 Å². The van der Waals surface area contributed by atoms with E-state index < -0.39 is 0 Å². The molecule has 2 aromatic rings. The topological polar surface area (TPSA) is 37.8 Å². The molecule has 18 heavy (non-hydrogen) atoms. The normalized spacial score (nSPS) is 8.33. The van der Waals surface area contributed by atoms with Crippen LogP contribution in [0.4, 0.5) is 11.4 Å². The molecule has 3 nitrogen and oxygen atoms in total. The molecule has 0 saturated heterocycles. The molecule has 0 spiro atoms. The van der Waals surface area contributed by atoms with E-state index in [0.717, 1.165) is 22.8 Å². The van der Waals surface area contributed by atoms with Crippen molar-refractivity contribution in [3.8, 4) is 0 Å². The summed E-state index contributed by atoms with van der Waals surface area (Å²) in [5, 5.41) is 3.32. The lowest BCUT2D eigenvalue weighted by atomic mass is 10.2. The lowest BCUT2D eigenvalue weighted by molar-refractivity contribution is 1.17. The van der Waals surface area contributed by atoms with Crippen LogP contribution in [0, 0.1) is 13.8 Å². The Kier molecular flexibility index (Phi) is 9.63. The third-order valence-corrected chi connectivity index (χ3v) is 2.28. The minimum atomic E-state index is 0. The standard InChI is InChI=1S/C12H13N3.3ClH/c1-9-11(5-3-7-13-9)15-12-6-4-8-14-10(12)2;;;/h3-8,15H,1-2H3;3*1H. The minimum Gasteiger partial charge on any atom is -0.353 e. The molecular weight excluding hydrogens is 293 g/mol. The van der Waals surface area contributed by atoms with Crippen molar-refractivity contribution in [1.82, 2.24) is 9.97 Å². The Bertz CT molecular complexity index is 434. The largest absolute Gasteiger partial charge is 0.353 e. The van der Waals surface area contributed by atoms with Crippen molar-refractivity contribution >= 4 is 48.6 Å². The molecule has 2 rings (SSSR count). The van der Waals surface area contributed by atoms with Crippen LogP contribution in [-0.4, -0.2) is 9.97 Å². The van der Waals surface area contributed by atoms with Gasteiger partial charge >= 0.3 is 0 Å². The molecule has 0 atom stereocenters. The fraction of sp³-hybridized carbons (Fsp3) is 0.167. The molecule has 0 unspecified atom stereocenters. The second-order valence-corrected chi connectivity index (χ2v) is 3.40. The fourth-order valence-corrected chi connectivity index (χ4v) is 1.38. The van der Waals surface area contributed by atoms with E-state index in [4.69, 9.17) is 0 Å². The molecule has 6 heteroatoms. The fourth-order valence-electron chi connectivity index (χ4n) is 1.38. The molecular formula is C12H16Cl3N3. The van der Waals surface area contributed by atoms with Crippen molar-refractivity contribution in [2.24, 2.45) is 0 Å². The first-order valence-corrected chi connectivity index (χ1v) is 4.87. The maximum Gasteiger partial charge on any atom is 0.0607 e. The molecule has 0 aliphatic rings. The Morgan fingerprint density at radius 3 is 1.50 bits per heavy atom. The molecule has 0 aromatic carbocycles. The van der Waals surface area contributed by atoms with E-state index in [2.05, 4.69) is 15.3 Å². The summed E-state index contributed by atoms with van der Waals surface area (Å²) in [4.78, 5) is 8.44. The van der Waals surface area contributed by atoms with Crippen LogP contribution in [-0.2, 0) is 0 Å². The first-order valence-electron chi connectivity index (χ1n) is 4.87. The van der Waals surface area contributed by atoms with Crippen LogP contribution >= 0.6 is 37.2 Å². The summed E-state index contributed by atoms with van der Waals surface area (Å²) in [6, 6.07) is 7.85. The predicted molar refractivity (Wildman–Crippen MR) is 83.0 cm³/mol. The Hall–Kier alpha value is -1.03. The summed E-state index contributed by atoms with van der Waals surface area (Å²) in [7, 11) is 0. The maximum absolute atomic E-state index is 4.22. The average molecular weight is 309 g/mol. The van der Waals surface area contributed by atoms with Crippen molar-refractivity contribution in [2.75, 3.05) is 5.32 Å². The molecule has 2 heterocycles. The van der Waals surface area contributed by atoms with Gasteiger partial charge in [0.1, 0.15) is 0 Å². The third kappa shape index (κ3) is 4.69. The van der Waals surface area contributed by atoms with Crippen LogP contribution in [0.25, 0.3) is 0 Å². The van der Waals surface area contributed by atoms with Gasteiger partial charge in [-0.3, -0.25) is 9.97 Å². The van der Waals surface area contributed by atoms with Gasteiger partial charge in [-0.1, -0.05) is 0 Å². The van der Waals surface area contributed by atoms with Crippen LogP contribution in [0.2, 0.25) is 0 Å². The highest BCUT2D eigenvalue weighted by atomic mass is 35.5. The Balaban J connectivity index is 0. The zero-order valence-electron chi connectivity index (χ0n) is 10.1. The second kappa shape index (κ2) is 8.97. The zero-order valence-corrected chi connectivity index (χ0v) is 12.5. The van der Waals surface area contributed by atoms with Gasteiger partial charge in [0.25, 0.3) is 0 Å². The van der Waals surface area contributed by atoms with Gasteiger partial charge in [-0.2, -0.15) is 0 Å². The lowest BCUT2D eigenvalue weighted by Crippen LogP contribution is -1.97. The quantitative estimate of drug-likeness (QED) is 0.907. The number of aryl methyl sites for hydroxylation is 2. The molecule has 0 aliphatic heterocycles. The summed E-state index contributed by atoms with van der Waals surface area (Å²) in [6.45, 7) is 3.96. The van der Waals surface area contributed by atoms with Gasteiger partial charge in [-0.15, -0.1) is 37.2 Å². The van der Waals surface area contributed by atoms with E-state index in [1.165, 1.54) is 0 Å². The van der Waals surface area contributed by atoms with E-state index in [0.29, 0.717) is 0 Å². The smallest absolute Gasteiger partial charge is 0.0607 e. The van der Waals surface area contributed by atoms with E-state index in [1.807, 2.05) is 38.1 Å². The van der Waals surface area contributed by atoms with Gasteiger partial charge in [0.2, 0.25) is 0 Å². The van der Waals surface area contributed by atoms with Crippen LogP contribution < -0.4 is 5.32 Å². The first-order chi connectivity index (χ1) is 7.27. The van der Waals surface area contributed by atoms with Crippen molar-refractivity contribution in [3.63, 3.8) is 0 Å². The summed E-state index contributed by atoms with van der Waals surface area (Å²) in [5.74, 6) is 0. The lowest BCUT2D eigenvalue weighted by Gasteiger charge is -2.09. The maximum atomic E-state index is 4.22. The molecule has 100 valence electrons. The van der Waals surface area contributed by atoms with E-state index in [-0.39, 0.29) is 37.2 Å². The highest BCUT2D eigenvalue weighted by molar-refractivity contribution is 5.86. The summed E-state index contributed by atoms with van der Waals surface area (Å²) in [5.41, 5.74) is 4.02. The Labute approximate surface area is 126 Å². The number of halogens is 3. The minimum absolute atomic E-state index is 0. The number of anilines is 2. The molecule has 0 amide bonds. The van der Waals surface area contributed by atoms with Crippen LogP contribution in [0.5, 0.6) is 0 Å². The number of rotatable bonds is 2. The highest BCUT2D eigenvalue weighted by Gasteiger charge is 2.01. The molecule has 0 aliphatic carbocycles. The number of hydrogen-bond acceptors (Lipinski definition) is 3. The molecule has 0 bridgehead atoms. The molecule has 0 fully saturated rings. The number of aromatic nitrogens is 2. The highest BCUT2D eigenvalue weighted by Crippen LogP contribution is 2.19. The summed E-state index contributed by atoms with van der Waals surface area (Å²) >= 11 is 0. The summed E-state index contributed by atoms with van der Waals surface area (Å²) < 4.78 is 0. The number of nitrogens with one attached hydrogen (secondary N) is 1. The van der Waals surface area contributed by atoms with Gasteiger partial charge in [0, 0.05) is 12.4 Å². The molecule has 0 radical (unpaired) electrons. The van der Waals surface area contributed by atoms with E-state index >= 15 is 0 Å². The van der Waals surface area contributed by atoms with Crippen molar-refractivity contribution < 1.29 is 0 Å². The van der Waals surface area contributed by atoms with E-state index in [1.54, 1.807) is 12.4 Å². The number of hydrogen-bond donors (Lipinski definition) is 1. The SMILES string of the molecule is Cc1ncccc1Nc1cccnc1C.Cl.Cl.Cl. The number of nitrogens with zero attached hydrogens (tertiary/aromatic N) is 2. The molecule has 0 saturated carbocycles.